The fourth-order valence-corrected chi connectivity index (χ4v) is 1.73. The van der Waals surface area contributed by atoms with Crippen LogP contribution in [-0.4, -0.2) is 5.91 Å². The number of para-hydroxylation sites is 1. The molecule has 1 aromatic heterocycles. The maximum absolute atomic E-state index is 12.7. The molecule has 0 saturated heterocycles. The maximum Gasteiger partial charge on any atom is 0.418 e. The van der Waals surface area contributed by atoms with E-state index in [-0.39, 0.29) is 12.1 Å². The van der Waals surface area contributed by atoms with Crippen LogP contribution in [0.2, 0.25) is 0 Å². The minimum atomic E-state index is -4.48. The number of amides is 1. The topological polar surface area (TPSA) is 54.3 Å². The summed E-state index contributed by atoms with van der Waals surface area (Å²) < 4.78 is 43.3. The van der Waals surface area contributed by atoms with Crippen molar-refractivity contribution in [2.75, 3.05) is 5.43 Å². The summed E-state index contributed by atoms with van der Waals surface area (Å²) in [4.78, 5) is 11.6. The number of rotatable bonds is 5. The van der Waals surface area contributed by atoms with Gasteiger partial charge in [0.2, 0.25) is 5.91 Å². The Labute approximate surface area is 118 Å². The highest BCUT2D eigenvalue weighted by molar-refractivity contribution is 5.77. The standard InChI is InChI=1S/C14H13F3N2O2/c15-14(16,17)11-5-1-2-6-12(11)18-19-13(20)8-7-10-4-3-9-21-10/h1-6,9,18H,7-8H2,(H,19,20). The maximum atomic E-state index is 12.7. The number of halogens is 3. The van der Waals surface area contributed by atoms with E-state index in [2.05, 4.69) is 10.9 Å². The number of hydrogen-bond acceptors (Lipinski definition) is 3. The average molecular weight is 298 g/mol. The van der Waals surface area contributed by atoms with Crippen LogP contribution >= 0.6 is 0 Å². The van der Waals surface area contributed by atoms with Crippen LogP contribution in [0.1, 0.15) is 17.7 Å². The van der Waals surface area contributed by atoms with Crippen molar-refractivity contribution < 1.29 is 22.4 Å². The van der Waals surface area contributed by atoms with E-state index in [0.717, 1.165) is 6.07 Å². The van der Waals surface area contributed by atoms with Gasteiger partial charge in [-0.05, 0) is 24.3 Å². The van der Waals surface area contributed by atoms with E-state index in [1.807, 2.05) is 0 Å². The molecule has 0 unspecified atom stereocenters. The lowest BCUT2D eigenvalue weighted by Crippen LogP contribution is -2.30. The fourth-order valence-electron chi connectivity index (χ4n) is 1.73. The van der Waals surface area contributed by atoms with E-state index in [4.69, 9.17) is 4.42 Å². The third-order valence-corrected chi connectivity index (χ3v) is 2.75. The highest BCUT2D eigenvalue weighted by Crippen LogP contribution is 2.34. The Morgan fingerprint density at radius 1 is 1.14 bits per heavy atom. The molecule has 21 heavy (non-hydrogen) atoms. The quantitative estimate of drug-likeness (QED) is 0.832. The molecule has 2 aromatic rings. The Balaban J connectivity index is 1.89. The molecular weight excluding hydrogens is 285 g/mol. The molecule has 0 spiro atoms. The molecular formula is C14H13F3N2O2. The Morgan fingerprint density at radius 2 is 1.90 bits per heavy atom. The summed E-state index contributed by atoms with van der Waals surface area (Å²) in [5.74, 6) is 0.212. The lowest BCUT2D eigenvalue weighted by atomic mass is 10.2. The van der Waals surface area contributed by atoms with Gasteiger partial charge in [0, 0.05) is 12.8 Å². The van der Waals surface area contributed by atoms with Crippen molar-refractivity contribution in [1.82, 2.24) is 5.43 Å². The largest absolute Gasteiger partial charge is 0.469 e. The molecule has 0 aliphatic rings. The number of alkyl halides is 3. The molecule has 0 aliphatic heterocycles. The summed E-state index contributed by atoms with van der Waals surface area (Å²) in [6.07, 6.45) is -2.51. The lowest BCUT2D eigenvalue weighted by Gasteiger charge is -2.14. The molecule has 0 fully saturated rings. The number of benzene rings is 1. The summed E-state index contributed by atoms with van der Waals surface area (Å²) in [6, 6.07) is 8.34. The molecule has 1 amide bonds. The number of carbonyl (C=O) groups is 1. The highest BCUT2D eigenvalue weighted by atomic mass is 19.4. The first-order valence-electron chi connectivity index (χ1n) is 6.20. The van der Waals surface area contributed by atoms with Gasteiger partial charge in [-0.2, -0.15) is 13.2 Å². The van der Waals surface area contributed by atoms with Gasteiger partial charge in [0.25, 0.3) is 0 Å². The van der Waals surface area contributed by atoms with Crippen LogP contribution in [0, 0.1) is 0 Å². The van der Waals surface area contributed by atoms with Crippen molar-refractivity contribution in [3.63, 3.8) is 0 Å². The van der Waals surface area contributed by atoms with Gasteiger partial charge in [0.15, 0.2) is 0 Å². The number of anilines is 1. The monoisotopic (exact) mass is 298 g/mol. The molecule has 7 heteroatoms. The minimum Gasteiger partial charge on any atom is -0.469 e. The molecule has 0 radical (unpaired) electrons. The van der Waals surface area contributed by atoms with E-state index in [1.54, 1.807) is 12.1 Å². The molecule has 0 atom stereocenters. The zero-order valence-electron chi connectivity index (χ0n) is 10.9. The summed E-state index contributed by atoms with van der Waals surface area (Å²) in [6.45, 7) is 0. The highest BCUT2D eigenvalue weighted by Gasteiger charge is 2.33. The first-order chi connectivity index (χ1) is 9.97. The Kier molecular flexibility index (Phi) is 4.52. The van der Waals surface area contributed by atoms with E-state index < -0.39 is 17.6 Å². The Bertz CT molecular complexity index is 595. The molecule has 0 saturated carbocycles. The van der Waals surface area contributed by atoms with Crippen LogP contribution in [0.3, 0.4) is 0 Å². The third-order valence-electron chi connectivity index (χ3n) is 2.75. The van der Waals surface area contributed by atoms with Crippen LogP contribution in [0.25, 0.3) is 0 Å². The summed E-state index contributed by atoms with van der Waals surface area (Å²) >= 11 is 0. The predicted molar refractivity (Wildman–Crippen MR) is 70.2 cm³/mol. The minimum absolute atomic E-state index is 0.106. The van der Waals surface area contributed by atoms with Crippen molar-refractivity contribution in [1.29, 1.82) is 0 Å². The zero-order chi connectivity index (χ0) is 15.3. The molecule has 4 nitrogen and oxygen atoms in total. The molecule has 112 valence electrons. The van der Waals surface area contributed by atoms with Gasteiger partial charge in [-0.25, -0.2) is 0 Å². The molecule has 0 aliphatic carbocycles. The number of hydrogen-bond donors (Lipinski definition) is 2. The van der Waals surface area contributed by atoms with Crippen LogP contribution in [0.5, 0.6) is 0 Å². The Hall–Kier alpha value is -2.44. The van der Waals surface area contributed by atoms with Crippen LogP contribution in [0.15, 0.2) is 47.1 Å². The number of furan rings is 1. The fraction of sp³-hybridized carbons (Fsp3) is 0.214. The van der Waals surface area contributed by atoms with Gasteiger partial charge < -0.3 is 4.42 Å². The first-order valence-corrected chi connectivity index (χ1v) is 6.20. The number of nitrogens with one attached hydrogen (secondary N) is 2. The average Bonchev–Trinajstić information content (AvgIpc) is 2.95. The molecule has 2 N–H and O–H groups in total. The van der Waals surface area contributed by atoms with Crippen LogP contribution in [-0.2, 0) is 17.4 Å². The summed E-state index contributed by atoms with van der Waals surface area (Å²) in [5.41, 5.74) is 3.51. The second kappa shape index (κ2) is 6.34. The third kappa shape index (κ3) is 4.27. The van der Waals surface area contributed by atoms with Gasteiger partial charge in [0.1, 0.15) is 5.76 Å². The van der Waals surface area contributed by atoms with E-state index >= 15 is 0 Å². The summed E-state index contributed by atoms with van der Waals surface area (Å²) in [7, 11) is 0. The normalized spacial score (nSPS) is 11.2. The second-order valence-corrected chi connectivity index (χ2v) is 4.30. The number of aryl methyl sites for hydroxylation is 1. The van der Waals surface area contributed by atoms with Gasteiger partial charge >= 0.3 is 6.18 Å². The smallest absolute Gasteiger partial charge is 0.418 e. The van der Waals surface area contributed by atoms with Crippen molar-refractivity contribution >= 4 is 11.6 Å². The number of carbonyl (C=O) groups excluding carboxylic acids is 1. The first kappa shape index (κ1) is 15.0. The molecule has 0 bridgehead atoms. The summed E-state index contributed by atoms with van der Waals surface area (Å²) in [5, 5.41) is 0. The van der Waals surface area contributed by atoms with E-state index in [1.165, 1.54) is 24.5 Å². The molecule has 1 heterocycles. The molecule has 1 aromatic carbocycles. The second-order valence-electron chi connectivity index (χ2n) is 4.30. The van der Waals surface area contributed by atoms with Crippen molar-refractivity contribution in [2.24, 2.45) is 0 Å². The van der Waals surface area contributed by atoms with Gasteiger partial charge in [-0.15, -0.1) is 0 Å². The van der Waals surface area contributed by atoms with Gasteiger partial charge in [0.05, 0.1) is 17.5 Å². The van der Waals surface area contributed by atoms with Crippen molar-refractivity contribution in [2.45, 2.75) is 19.0 Å². The molecule has 2 rings (SSSR count). The van der Waals surface area contributed by atoms with Crippen LogP contribution < -0.4 is 10.9 Å². The van der Waals surface area contributed by atoms with Gasteiger partial charge in [-0.1, -0.05) is 12.1 Å². The number of hydrazine groups is 1. The van der Waals surface area contributed by atoms with Crippen LogP contribution in [0.4, 0.5) is 18.9 Å². The lowest BCUT2D eigenvalue weighted by molar-refractivity contribution is -0.137. The van der Waals surface area contributed by atoms with E-state index in [9.17, 15) is 18.0 Å². The van der Waals surface area contributed by atoms with E-state index in [0.29, 0.717) is 12.2 Å². The van der Waals surface area contributed by atoms with Crippen molar-refractivity contribution in [3.8, 4) is 0 Å². The van der Waals surface area contributed by atoms with Gasteiger partial charge in [-0.3, -0.25) is 15.6 Å². The zero-order valence-corrected chi connectivity index (χ0v) is 10.9. The Morgan fingerprint density at radius 3 is 2.57 bits per heavy atom. The SMILES string of the molecule is O=C(CCc1ccco1)NNc1ccccc1C(F)(F)F. The van der Waals surface area contributed by atoms with Crippen molar-refractivity contribution in [3.05, 3.63) is 54.0 Å². The predicted octanol–water partition coefficient (Wildman–Crippen LogP) is 3.37.